The first-order valence-corrected chi connectivity index (χ1v) is 3.71. The van der Waals surface area contributed by atoms with E-state index in [4.69, 9.17) is 11.6 Å². The lowest BCUT2D eigenvalue weighted by atomic mass is 10.2. The van der Waals surface area contributed by atoms with Gasteiger partial charge in [-0.05, 0) is 12.1 Å². The van der Waals surface area contributed by atoms with Gasteiger partial charge in [0, 0.05) is 0 Å². The van der Waals surface area contributed by atoms with Gasteiger partial charge in [-0.1, -0.05) is 11.6 Å². The molecule has 70 valence electrons. The number of esters is 1. The van der Waals surface area contributed by atoms with E-state index in [9.17, 15) is 14.3 Å². The zero-order chi connectivity index (χ0) is 10.0. The smallest absolute Gasteiger partial charge is 0.341 e. The number of rotatable bonds is 1. The fraction of sp³-hybridized carbons (Fsp3) is 0.125. The Morgan fingerprint density at radius 3 is 2.77 bits per heavy atom. The van der Waals surface area contributed by atoms with E-state index in [2.05, 4.69) is 4.74 Å². The summed E-state index contributed by atoms with van der Waals surface area (Å²) in [5, 5.41) is 8.72. The first-order valence-electron chi connectivity index (χ1n) is 3.33. The van der Waals surface area contributed by atoms with Crippen LogP contribution >= 0.6 is 11.6 Å². The van der Waals surface area contributed by atoms with Gasteiger partial charge in [-0.15, -0.1) is 0 Å². The van der Waals surface area contributed by atoms with Crippen molar-refractivity contribution in [2.24, 2.45) is 0 Å². The zero-order valence-corrected chi connectivity index (χ0v) is 7.43. The molecule has 0 fully saturated rings. The molecule has 0 amide bonds. The van der Waals surface area contributed by atoms with E-state index >= 15 is 0 Å². The van der Waals surface area contributed by atoms with Crippen LogP contribution in [-0.4, -0.2) is 18.2 Å². The SMILES string of the molecule is COC(=O)c1ccc(F)c(Cl)c1O. The van der Waals surface area contributed by atoms with Crippen molar-refractivity contribution < 1.29 is 19.0 Å². The number of phenols is 1. The van der Waals surface area contributed by atoms with E-state index in [0.717, 1.165) is 19.2 Å². The number of carbonyl (C=O) groups is 1. The monoisotopic (exact) mass is 204 g/mol. The highest BCUT2D eigenvalue weighted by atomic mass is 35.5. The molecule has 0 atom stereocenters. The molecule has 5 heteroatoms. The van der Waals surface area contributed by atoms with Gasteiger partial charge in [0.05, 0.1) is 7.11 Å². The molecule has 0 aliphatic rings. The minimum absolute atomic E-state index is 0.158. The number of aromatic hydroxyl groups is 1. The highest BCUT2D eigenvalue weighted by molar-refractivity contribution is 6.32. The van der Waals surface area contributed by atoms with E-state index in [-0.39, 0.29) is 5.56 Å². The van der Waals surface area contributed by atoms with Gasteiger partial charge in [0.15, 0.2) is 5.75 Å². The highest BCUT2D eigenvalue weighted by Crippen LogP contribution is 2.30. The van der Waals surface area contributed by atoms with E-state index in [0.29, 0.717) is 0 Å². The van der Waals surface area contributed by atoms with E-state index in [1.165, 1.54) is 0 Å². The van der Waals surface area contributed by atoms with Gasteiger partial charge in [-0.3, -0.25) is 0 Å². The van der Waals surface area contributed by atoms with Gasteiger partial charge in [0.2, 0.25) is 0 Å². The molecule has 0 saturated carbocycles. The lowest BCUT2D eigenvalue weighted by molar-refractivity contribution is 0.0597. The fourth-order valence-corrected chi connectivity index (χ4v) is 0.979. The van der Waals surface area contributed by atoms with Crippen molar-refractivity contribution >= 4 is 17.6 Å². The fourth-order valence-electron chi connectivity index (χ4n) is 0.815. The quantitative estimate of drug-likeness (QED) is 0.712. The number of hydrogen-bond acceptors (Lipinski definition) is 3. The maximum absolute atomic E-state index is 12.7. The Kier molecular flexibility index (Phi) is 2.72. The van der Waals surface area contributed by atoms with Crippen molar-refractivity contribution in [1.82, 2.24) is 0 Å². The Morgan fingerprint density at radius 2 is 2.23 bits per heavy atom. The van der Waals surface area contributed by atoms with E-state index in [1.54, 1.807) is 0 Å². The van der Waals surface area contributed by atoms with E-state index < -0.39 is 22.6 Å². The summed E-state index contributed by atoms with van der Waals surface area (Å²) in [7, 11) is 1.15. The van der Waals surface area contributed by atoms with Crippen molar-refractivity contribution in [2.75, 3.05) is 7.11 Å². The Hall–Kier alpha value is -1.29. The number of halogens is 2. The zero-order valence-electron chi connectivity index (χ0n) is 6.67. The second kappa shape index (κ2) is 3.62. The Labute approximate surface area is 78.7 Å². The molecule has 0 heterocycles. The number of carbonyl (C=O) groups excluding carboxylic acids is 1. The molecule has 0 bridgehead atoms. The van der Waals surface area contributed by atoms with Crippen molar-refractivity contribution in [3.8, 4) is 5.75 Å². The van der Waals surface area contributed by atoms with Crippen LogP contribution in [0.15, 0.2) is 12.1 Å². The molecule has 0 spiro atoms. The molecule has 0 aliphatic heterocycles. The molecular weight excluding hydrogens is 199 g/mol. The molecule has 0 aromatic heterocycles. The summed E-state index contributed by atoms with van der Waals surface area (Å²) in [6.45, 7) is 0. The number of hydrogen-bond donors (Lipinski definition) is 1. The van der Waals surface area contributed by atoms with Crippen LogP contribution in [-0.2, 0) is 4.74 Å². The predicted octanol–water partition coefficient (Wildman–Crippen LogP) is 1.97. The van der Waals surface area contributed by atoms with Crippen LogP contribution in [0.5, 0.6) is 5.75 Å². The Balaban J connectivity index is 3.26. The lowest BCUT2D eigenvalue weighted by Gasteiger charge is -2.03. The number of benzene rings is 1. The molecule has 1 N–H and O–H groups in total. The number of methoxy groups -OCH3 is 1. The molecule has 0 radical (unpaired) electrons. The van der Waals surface area contributed by atoms with Crippen molar-refractivity contribution in [3.63, 3.8) is 0 Å². The summed E-state index contributed by atoms with van der Waals surface area (Å²) < 4.78 is 17.0. The third-order valence-corrected chi connectivity index (χ3v) is 1.83. The summed E-state index contributed by atoms with van der Waals surface area (Å²) in [5.74, 6) is -2.15. The summed E-state index contributed by atoms with van der Waals surface area (Å²) >= 11 is 5.35. The summed E-state index contributed by atoms with van der Waals surface area (Å²) in [6.07, 6.45) is 0. The predicted molar refractivity (Wildman–Crippen MR) is 44.4 cm³/mol. The maximum atomic E-state index is 12.7. The third kappa shape index (κ3) is 1.72. The highest BCUT2D eigenvalue weighted by Gasteiger charge is 2.16. The molecule has 13 heavy (non-hydrogen) atoms. The number of ether oxygens (including phenoxy) is 1. The molecule has 0 saturated heterocycles. The molecule has 1 aromatic rings. The summed E-state index contributed by atoms with van der Waals surface area (Å²) in [4.78, 5) is 10.9. The van der Waals surface area contributed by atoms with Gasteiger partial charge in [0.1, 0.15) is 16.4 Å². The lowest BCUT2D eigenvalue weighted by Crippen LogP contribution is -2.02. The van der Waals surface area contributed by atoms with Gasteiger partial charge in [-0.25, -0.2) is 9.18 Å². The van der Waals surface area contributed by atoms with Crippen molar-refractivity contribution in [2.45, 2.75) is 0 Å². The average molecular weight is 205 g/mol. The molecular formula is C8H6ClFO3. The van der Waals surface area contributed by atoms with Gasteiger partial charge in [-0.2, -0.15) is 0 Å². The second-order valence-electron chi connectivity index (χ2n) is 2.25. The first kappa shape index (κ1) is 9.80. The normalized spacial score (nSPS) is 9.77. The minimum atomic E-state index is -0.785. The van der Waals surface area contributed by atoms with E-state index in [1.807, 2.05) is 0 Å². The molecule has 1 rings (SSSR count). The largest absolute Gasteiger partial charge is 0.505 e. The molecule has 0 unspecified atom stereocenters. The van der Waals surface area contributed by atoms with Crippen molar-refractivity contribution in [1.29, 1.82) is 0 Å². The van der Waals surface area contributed by atoms with Crippen LogP contribution in [0.3, 0.4) is 0 Å². The van der Waals surface area contributed by atoms with Crippen molar-refractivity contribution in [3.05, 3.63) is 28.5 Å². The standard InChI is InChI=1S/C8H6ClFO3/c1-13-8(12)4-2-3-5(10)6(9)7(4)11/h2-3,11H,1H3. The van der Waals surface area contributed by atoms with Crippen LogP contribution in [0.25, 0.3) is 0 Å². The number of phenolic OH excluding ortho intramolecular Hbond substituents is 1. The topological polar surface area (TPSA) is 46.5 Å². The Morgan fingerprint density at radius 1 is 1.62 bits per heavy atom. The third-order valence-electron chi connectivity index (χ3n) is 1.47. The van der Waals surface area contributed by atoms with Gasteiger partial charge in [0.25, 0.3) is 0 Å². The van der Waals surface area contributed by atoms with Crippen LogP contribution in [0.2, 0.25) is 5.02 Å². The second-order valence-corrected chi connectivity index (χ2v) is 2.63. The summed E-state index contributed by atoms with van der Waals surface area (Å²) in [6, 6.07) is 2.08. The Bertz CT molecular complexity index is 351. The van der Waals surface area contributed by atoms with Crippen LogP contribution in [0, 0.1) is 5.82 Å². The van der Waals surface area contributed by atoms with Crippen LogP contribution in [0.1, 0.15) is 10.4 Å². The molecule has 3 nitrogen and oxygen atoms in total. The maximum Gasteiger partial charge on any atom is 0.341 e. The van der Waals surface area contributed by atoms with Gasteiger partial charge < -0.3 is 9.84 Å². The average Bonchev–Trinajstić information content (AvgIpc) is 2.13. The van der Waals surface area contributed by atoms with Crippen LogP contribution < -0.4 is 0 Å². The first-order chi connectivity index (χ1) is 6.07. The van der Waals surface area contributed by atoms with Gasteiger partial charge >= 0.3 is 5.97 Å². The molecule has 0 aliphatic carbocycles. The van der Waals surface area contributed by atoms with Crippen LogP contribution in [0.4, 0.5) is 4.39 Å². The summed E-state index contributed by atoms with van der Waals surface area (Å²) in [5.41, 5.74) is -0.158. The minimum Gasteiger partial charge on any atom is -0.505 e. The molecule has 1 aromatic carbocycles.